The van der Waals surface area contributed by atoms with Crippen LogP contribution in [0.1, 0.15) is 25.0 Å². The molecule has 0 aliphatic rings. The van der Waals surface area contributed by atoms with Gasteiger partial charge in [0.2, 0.25) is 0 Å². The molecule has 0 bridgehead atoms. The van der Waals surface area contributed by atoms with Gasteiger partial charge in [0.1, 0.15) is 0 Å². The number of hydrogen-bond acceptors (Lipinski definition) is 3. The number of benzene rings is 1. The minimum absolute atomic E-state index is 0.0847. The van der Waals surface area contributed by atoms with Gasteiger partial charge < -0.3 is 15.3 Å². The molecule has 0 saturated heterocycles. The normalized spacial score (nSPS) is 11.8. The van der Waals surface area contributed by atoms with Crippen molar-refractivity contribution < 1.29 is 9.90 Å². The summed E-state index contributed by atoms with van der Waals surface area (Å²) in [5, 5.41) is 12.1. The Morgan fingerprint density at radius 2 is 1.74 bits per heavy atom. The van der Waals surface area contributed by atoms with Gasteiger partial charge in [-0.15, -0.1) is 0 Å². The second-order valence-electron chi connectivity index (χ2n) is 5.70. The molecule has 0 spiro atoms. The van der Waals surface area contributed by atoms with Gasteiger partial charge in [-0.05, 0) is 39.1 Å². The Balaban J connectivity index is 2.44. The van der Waals surface area contributed by atoms with Crippen molar-refractivity contribution in [1.82, 2.24) is 10.2 Å². The Morgan fingerprint density at radius 1 is 1.21 bits per heavy atom. The van der Waals surface area contributed by atoms with E-state index in [9.17, 15) is 4.79 Å². The summed E-state index contributed by atoms with van der Waals surface area (Å²) in [5.41, 5.74) is 2.12. The summed E-state index contributed by atoms with van der Waals surface area (Å²) in [5.74, 6) is -0.793. The van der Waals surface area contributed by atoms with Crippen molar-refractivity contribution >= 4 is 5.97 Å². The van der Waals surface area contributed by atoms with Crippen molar-refractivity contribution in [3.05, 3.63) is 35.4 Å². The van der Waals surface area contributed by atoms with Crippen LogP contribution in [0.5, 0.6) is 0 Å². The van der Waals surface area contributed by atoms with E-state index in [1.165, 1.54) is 5.56 Å². The van der Waals surface area contributed by atoms with Gasteiger partial charge in [-0.25, -0.2) is 0 Å². The van der Waals surface area contributed by atoms with Gasteiger partial charge >= 0.3 is 5.97 Å². The summed E-state index contributed by atoms with van der Waals surface area (Å²) in [6.07, 6.45) is 0.0847. The van der Waals surface area contributed by atoms with Crippen molar-refractivity contribution in [3.63, 3.8) is 0 Å². The Bertz CT molecular complexity index is 411. The predicted molar refractivity (Wildman–Crippen MR) is 77.3 cm³/mol. The fourth-order valence-corrected chi connectivity index (χ4v) is 1.62. The molecular formula is C15H24N2O2. The van der Waals surface area contributed by atoms with E-state index in [-0.39, 0.29) is 12.0 Å². The molecule has 0 saturated carbocycles. The number of carboxylic acid groups (broad SMARTS) is 1. The third-order valence-electron chi connectivity index (χ3n) is 3.48. The van der Waals surface area contributed by atoms with Crippen LogP contribution >= 0.6 is 0 Å². The number of carboxylic acids is 1. The van der Waals surface area contributed by atoms with E-state index in [0.717, 1.165) is 18.7 Å². The Hall–Kier alpha value is -1.39. The van der Waals surface area contributed by atoms with Crippen molar-refractivity contribution in [2.24, 2.45) is 0 Å². The standard InChI is InChI=1S/C15H24N2O2/c1-15(2,17(3)4)11-16-10-13-7-5-12(6-8-13)9-14(18)19/h5-8,16H,9-11H2,1-4H3,(H,18,19). The molecular weight excluding hydrogens is 240 g/mol. The van der Waals surface area contributed by atoms with E-state index < -0.39 is 5.97 Å². The number of nitrogens with one attached hydrogen (secondary N) is 1. The van der Waals surface area contributed by atoms with Crippen molar-refractivity contribution in [1.29, 1.82) is 0 Å². The molecule has 0 radical (unpaired) electrons. The first-order valence-electron chi connectivity index (χ1n) is 6.49. The van der Waals surface area contributed by atoms with Gasteiger partial charge in [0.25, 0.3) is 0 Å². The molecule has 1 rings (SSSR count). The van der Waals surface area contributed by atoms with Crippen molar-refractivity contribution in [3.8, 4) is 0 Å². The van der Waals surface area contributed by atoms with Crippen LogP contribution in [0.25, 0.3) is 0 Å². The van der Waals surface area contributed by atoms with Gasteiger partial charge in [0.15, 0.2) is 0 Å². The van der Waals surface area contributed by atoms with E-state index in [0.29, 0.717) is 0 Å². The highest BCUT2D eigenvalue weighted by atomic mass is 16.4. The van der Waals surface area contributed by atoms with E-state index in [1.54, 1.807) is 0 Å². The number of aliphatic carboxylic acids is 1. The topological polar surface area (TPSA) is 52.6 Å². The van der Waals surface area contributed by atoms with Crippen molar-refractivity contribution in [2.45, 2.75) is 32.4 Å². The second-order valence-corrected chi connectivity index (χ2v) is 5.70. The Morgan fingerprint density at radius 3 is 2.21 bits per heavy atom. The van der Waals surface area contributed by atoms with E-state index in [2.05, 4.69) is 38.2 Å². The first-order valence-corrected chi connectivity index (χ1v) is 6.49. The molecule has 0 fully saturated rings. The monoisotopic (exact) mass is 264 g/mol. The molecule has 0 aliphatic carbocycles. The first-order chi connectivity index (χ1) is 8.81. The maximum atomic E-state index is 10.6. The Labute approximate surface area is 115 Å². The van der Waals surface area contributed by atoms with Crippen LogP contribution in [-0.4, -0.2) is 42.2 Å². The number of nitrogens with zero attached hydrogens (tertiary/aromatic N) is 1. The molecule has 4 heteroatoms. The average Bonchev–Trinajstić information content (AvgIpc) is 2.30. The van der Waals surface area contributed by atoms with E-state index in [4.69, 9.17) is 5.11 Å². The molecule has 0 atom stereocenters. The highest BCUT2D eigenvalue weighted by Crippen LogP contribution is 2.09. The predicted octanol–water partition coefficient (Wildman–Crippen LogP) is 1.74. The smallest absolute Gasteiger partial charge is 0.307 e. The van der Waals surface area contributed by atoms with Crippen molar-refractivity contribution in [2.75, 3.05) is 20.6 Å². The van der Waals surface area contributed by atoms with Gasteiger partial charge in [0.05, 0.1) is 6.42 Å². The zero-order chi connectivity index (χ0) is 14.5. The summed E-state index contributed by atoms with van der Waals surface area (Å²) in [4.78, 5) is 12.8. The third kappa shape index (κ3) is 5.41. The molecule has 106 valence electrons. The number of likely N-dealkylation sites (N-methyl/N-ethyl adjacent to an activating group) is 1. The number of hydrogen-bond donors (Lipinski definition) is 2. The maximum absolute atomic E-state index is 10.6. The van der Waals surface area contributed by atoms with Crippen LogP contribution in [0, 0.1) is 0 Å². The highest BCUT2D eigenvalue weighted by molar-refractivity contribution is 5.70. The summed E-state index contributed by atoms with van der Waals surface area (Å²) < 4.78 is 0. The summed E-state index contributed by atoms with van der Waals surface area (Å²) >= 11 is 0. The zero-order valence-corrected chi connectivity index (χ0v) is 12.2. The van der Waals surface area contributed by atoms with Crippen LogP contribution in [0.4, 0.5) is 0 Å². The Kier molecular flexibility index (Phi) is 5.51. The molecule has 1 aromatic rings. The average molecular weight is 264 g/mol. The van der Waals surface area contributed by atoms with Gasteiger partial charge in [-0.2, -0.15) is 0 Å². The lowest BCUT2D eigenvalue weighted by molar-refractivity contribution is -0.136. The van der Waals surface area contributed by atoms with Crippen LogP contribution in [-0.2, 0) is 17.8 Å². The lowest BCUT2D eigenvalue weighted by Crippen LogP contribution is -2.46. The molecule has 2 N–H and O–H groups in total. The zero-order valence-electron chi connectivity index (χ0n) is 12.2. The molecule has 0 unspecified atom stereocenters. The maximum Gasteiger partial charge on any atom is 0.307 e. The van der Waals surface area contributed by atoms with Crippen LogP contribution < -0.4 is 5.32 Å². The summed E-state index contributed by atoms with van der Waals surface area (Å²) in [7, 11) is 4.14. The second kappa shape index (κ2) is 6.68. The minimum Gasteiger partial charge on any atom is -0.481 e. The largest absolute Gasteiger partial charge is 0.481 e. The number of rotatable bonds is 7. The van der Waals surface area contributed by atoms with Gasteiger partial charge in [0, 0.05) is 18.6 Å². The van der Waals surface area contributed by atoms with Gasteiger partial charge in [-0.1, -0.05) is 24.3 Å². The number of carbonyl (C=O) groups is 1. The summed E-state index contributed by atoms with van der Waals surface area (Å²) in [6.45, 7) is 6.08. The fraction of sp³-hybridized carbons (Fsp3) is 0.533. The summed E-state index contributed by atoms with van der Waals surface area (Å²) in [6, 6.07) is 7.71. The highest BCUT2D eigenvalue weighted by Gasteiger charge is 2.19. The van der Waals surface area contributed by atoms with Crippen LogP contribution in [0.3, 0.4) is 0 Å². The van der Waals surface area contributed by atoms with Gasteiger partial charge in [-0.3, -0.25) is 4.79 Å². The molecule has 0 aromatic heterocycles. The minimum atomic E-state index is -0.793. The lowest BCUT2D eigenvalue weighted by atomic mass is 10.0. The SMILES string of the molecule is CN(C)C(C)(C)CNCc1ccc(CC(=O)O)cc1. The molecule has 0 aliphatic heterocycles. The molecule has 1 aromatic carbocycles. The van der Waals surface area contributed by atoms with Crippen LogP contribution in [0.2, 0.25) is 0 Å². The quantitative estimate of drug-likeness (QED) is 0.787. The molecule has 0 heterocycles. The third-order valence-corrected chi connectivity index (χ3v) is 3.48. The molecule has 4 nitrogen and oxygen atoms in total. The lowest BCUT2D eigenvalue weighted by Gasteiger charge is -2.32. The first kappa shape index (κ1) is 15.7. The van der Waals surface area contributed by atoms with Crippen LogP contribution in [0.15, 0.2) is 24.3 Å². The van der Waals surface area contributed by atoms with E-state index in [1.807, 2.05) is 24.3 Å². The molecule has 19 heavy (non-hydrogen) atoms. The van der Waals surface area contributed by atoms with E-state index >= 15 is 0 Å². The molecule has 0 amide bonds. The fourth-order valence-electron chi connectivity index (χ4n) is 1.62.